The molecule has 0 radical (unpaired) electrons. The average molecular weight is 364 g/mol. The van der Waals surface area contributed by atoms with Gasteiger partial charge in [-0.25, -0.2) is 10.3 Å². The Balaban J connectivity index is 1.76. The summed E-state index contributed by atoms with van der Waals surface area (Å²) in [6, 6.07) is 15.1. The van der Waals surface area contributed by atoms with Crippen LogP contribution in [0.2, 0.25) is 0 Å². The zero-order valence-corrected chi connectivity index (χ0v) is 15.3. The quantitative estimate of drug-likeness (QED) is 0.457. The van der Waals surface area contributed by atoms with Gasteiger partial charge in [-0.15, -0.1) is 9.97 Å². The lowest BCUT2D eigenvalue weighted by molar-refractivity contribution is -0.367. The number of guanidine groups is 1. The third-order valence-electron chi connectivity index (χ3n) is 3.90. The summed E-state index contributed by atoms with van der Waals surface area (Å²) in [5.41, 5.74) is 8.35. The number of rotatable bonds is 5. The Hall–Kier alpha value is -3.48. The van der Waals surface area contributed by atoms with Crippen molar-refractivity contribution in [1.82, 2.24) is 15.3 Å². The zero-order chi connectivity index (χ0) is 19.2. The molecule has 1 heterocycles. The molecule has 0 aliphatic carbocycles. The monoisotopic (exact) mass is 364 g/mol. The number of carbonyl (C=O) groups is 1. The lowest BCUT2D eigenvalue weighted by atomic mass is 10.1. The molecule has 0 aliphatic heterocycles. The van der Waals surface area contributed by atoms with Crippen LogP contribution >= 0.6 is 0 Å². The summed E-state index contributed by atoms with van der Waals surface area (Å²) in [4.78, 5) is 23.8. The van der Waals surface area contributed by atoms with E-state index in [1.54, 1.807) is 0 Å². The maximum absolute atomic E-state index is 12.1. The van der Waals surface area contributed by atoms with Gasteiger partial charge in [0.1, 0.15) is 11.3 Å². The number of hydrogen-bond acceptors (Lipinski definition) is 4. The summed E-state index contributed by atoms with van der Waals surface area (Å²) in [5.74, 6) is 0.962. The second-order valence-corrected chi connectivity index (χ2v) is 5.99. The van der Waals surface area contributed by atoms with Crippen molar-refractivity contribution in [2.75, 3.05) is 6.61 Å². The third-order valence-corrected chi connectivity index (χ3v) is 3.90. The molecular formula is C20H22N5O2+. The van der Waals surface area contributed by atoms with E-state index >= 15 is 0 Å². The van der Waals surface area contributed by atoms with E-state index in [2.05, 4.69) is 20.3 Å². The maximum Gasteiger partial charge on any atom is 0.354 e. The summed E-state index contributed by atoms with van der Waals surface area (Å²) in [7, 11) is 0. The van der Waals surface area contributed by atoms with Crippen LogP contribution in [0.4, 0.5) is 5.95 Å². The molecule has 0 fully saturated rings. The summed E-state index contributed by atoms with van der Waals surface area (Å²) < 4.78 is 5.51. The first-order valence-corrected chi connectivity index (χ1v) is 8.69. The third kappa shape index (κ3) is 4.78. The van der Waals surface area contributed by atoms with Gasteiger partial charge < -0.3 is 10.5 Å². The average Bonchev–Trinajstić information content (AvgIpc) is 2.63. The van der Waals surface area contributed by atoms with Crippen LogP contribution in [-0.4, -0.2) is 28.4 Å². The molecule has 7 heteroatoms. The molecule has 27 heavy (non-hydrogen) atoms. The number of nitrogens with one attached hydrogen (secondary N) is 2. The van der Waals surface area contributed by atoms with Gasteiger partial charge >= 0.3 is 5.95 Å². The number of carbonyl (C=O) groups excluding carboxylic acids is 1. The fourth-order valence-corrected chi connectivity index (χ4v) is 2.70. The van der Waals surface area contributed by atoms with Crippen LogP contribution in [0.25, 0.3) is 10.9 Å². The van der Waals surface area contributed by atoms with Crippen LogP contribution in [0.3, 0.4) is 0 Å². The molecule has 1 aromatic heterocycles. The van der Waals surface area contributed by atoms with Gasteiger partial charge in [0.2, 0.25) is 0 Å². The van der Waals surface area contributed by atoms with Gasteiger partial charge in [-0.2, -0.15) is 0 Å². The molecule has 138 valence electrons. The number of hydrogen-bond donors (Lipinski definition) is 3. The number of aryl methyl sites for hydroxylation is 1. The number of nitrogens with two attached hydrogens (primary N) is 1. The lowest BCUT2D eigenvalue weighted by Gasteiger charge is -2.05. The molecule has 0 saturated heterocycles. The highest BCUT2D eigenvalue weighted by atomic mass is 16.5. The minimum Gasteiger partial charge on any atom is -0.494 e. The van der Waals surface area contributed by atoms with Crippen molar-refractivity contribution in [3.05, 3.63) is 59.8 Å². The highest BCUT2D eigenvalue weighted by Crippen LogP contribution is 2.21. The van der Waals surface area contributed by atoms with Crippen LogP contribution in [-0.2, 0) is 11.2 Å². The van der Waals surface area contributed by atoms with Crippen molar-refractivity contribution in [1.29, 1.82) is 0 Å². The van der Waals surface area contributed by atoms with Gasteiger partial charge in [-0.05, 0) is 37.6 Å². The van der Waals surface area contributed by atoms with E-state index in [4.69, 9.17) is 10.5 Å². The summed E-state index contributed by atoms with van der Waals surface area (Å²) in [6.07, 6.45) is 0.237. The van der Waals surface area contributed by atoms with Crippen molar-refractivity contribution in [3.8, 4) is 5.75 Å². The van der Waals surface area contributed by atoms with Gasteiger partial charge in [0.05, 0.1) is 18.7 Å². The predicted octanol–water partition coefficient (Wildman–Crippen LogP) is 0.723. The van der Waals surface area contributed by atoms with Crippen molar-refractivity contribution < 1.29 is 14.5 Å². The second kappa shape index (κ2) is 8.27. The summed E-state index contributed by atoms with van der Waals surface area (Å²) >= 11 is 0. The molecule has 0 spiro atoms. The number of ether oxygens (including phenoxy) is 1. The Morgan fingerprint density at radius 1 is 1.19 bits per heavy atom. The van der Waals surface area contributed by atoms with E-state index in [1.165, 1.54) is 0 Å². The highest BCUT2D eigenvalue weighted by Gasteiger charge is 2.12. The number of benzene rings is 2. The molecule has 0 bridgehead atoms. The minimum atomic E-state index is -0.218. The van der Waals surface area contributed by atoms with Crippen LogP contribution in [0, 0.1) is 6.92 Å². The van der Waals surface area contributed by atoms with E-state index < -0.39 is 0 Å². The molecule has 0 saturated carbocycles. The van der Waals surface area contributed by atoms with Crippen molar-refractivity contribution in [3.63, 3.8) is 0 Å². The van der Waals surface area contributed by atoms with E-state index in [0.717, 1.165) is 27.9 Å². The number of aromatic nitrogens is 2. The molecule has 2 aromatic carbocycles. The number of nitrogens with zero attached hydrogens (tertiary/aromatic N) is 2. The Kier molecular flexibility index (Phi) is 5.61. The van der Waals surface area contributed by atoms with E-state index in [9.17, 15) is 4.79 Å². The second-order valence-electron chi connectivity index (χ2n) is 5.99. The molecule has 3 rings (SSSR count). The number of fused-ring (bicyclic) bond motifs is 1. The van der Waals surface area contributed by atoms with Gasteiger partial charge in [-0.1, -0.05) is 30.3 Å². The van der Waals surface area contributed by atoms with Gasteiger partial charge in [0.25, 0.3) is 11.9 Å². The topological polar surface area (TPSA) is 104 Å². The molecule has 1 amide bonds. The van der Waals surface area contributed by atoms with Crippen molar-refractivity contribution in [2.45, 2.75) is 20.3 Å². The fourth-order valence-electron chi connectivity index (χ4n) is 2.70. The standard InChI is InChI=1S/C20H21N5O2/c1-3-27-15-9-10-17-16(12-15)13(2)22-20(23-17)25-19(21)24-18(26)11-14-7-5-4-6-8-14/h4-10,12H,3,11H2,1-2H3,(H3,21,22,23,24,25,26)/p+1. The largest absolute Gasteiger partial charge is 0.494 e. The maximum atomic E-state index is 12.1. The van der Waals surface area contributed by atoms with E-state index in [0.29, 0.717) is 12.6 Å². The van der Waals surface area contributed by atoms with Crippen LogP contribution < -0.4 is 20.8 Å². The lowest BCUT2D eigenvalue weighted by Crippen LogP contribution is -2.75. The fraction of sp³-hybridized carbons (Fsp3) is 0.200. The Labute approximate surface area is 157 Å². The van der Waals surface area contributed by atoms with E-state index in [-0.39, 0.29) is 18.3 Å². The van der Waals surface area contributed by atoms with Gasteiger partial charge in [0.15, 0.2) is 0 Å². The van der Waals surface area contributed by atoms with E-state index in [1.807, 2.05) is 62.4 Å². The first-order valence-electron chi connectivity index (χ1n) is 8.69. The molecule has 0 aliphatic rings. The summed E-state index contributed by atoms with van der Waals surface area (Å²) in [5, 5.41) is 3.52. The van der Waals surface area contributed by atoms with Gasteiger partial charge in [0, 0.05) is 5.39 Å². The van der Waals surface area contributed by atoms with Crippen molar-refractivity contribution >= 4 is 28.7 Å². The molecular weight excluding hydrogens is 342 g/mol. The Bertz CT molecular complexity index is 986. The van der Waals surface area contributed by atoms with Gasteiger partial charge in [-0.3, -0.25) is 4.79 Å². The molecule has 0 unspecified atom stereocenters. The molecule has 4 N–H and O–H groups in total. The SMILES string of the molecule is CCOc1ccc2nc(/[NH+]=C(\N)NC(=O)Cc3ccccc3)nc(C)c2c1. The highest BCUT2D eigenvalue weighted by molar-refractivity contribution is 5.94. The zero-order valence-electron chi connectivity index (χ0n) is 15.3. The van der Waals surface area contributed by atoms with Crippen LogP contribution in [0.15, 0.2) is 48.5 Å². The first-order chi connectivity index (χ1) is 13.0. The van der Waals surface area contributed by atoms with Crippen LogP contribution in [0.5, 0.6) is 5.75 Å². The molecule has 7 nitrogen and oxygen atoms in total. The van der Waals surface area contributed by atoms with Crippen molar-refractivity contribution in [2.24, 2.45) is 5.73 Å². The number of amides is 1. The smallest absolute Gasteiger partial charge is 0.354 e. The minimum absolute atomic E-state index is 0.0839. The molecule has 0 atom stereocenters. The Morgan fingerprint density at radius 2 is 1.96 bits per heavy atom. The molecule has 3 aromatic rings. The predicted molar refractivity (Wildman–Crippen MR) is 104 cm³/mol. The Morgan fingerprint density at radius 3 is 2.70 bits per heavy atom. The normalized spacial score (nSPS) is 11.4. The van der Waals surface area contributed by atoms with Crippen LogP contribution in [0.1, 0.15) is 18.2 Å². The first kappa shape index (κ1) is 18.3. The summed E-state index contributed by atoms with van der Waals surface area (Å²) in [6.45, 7) is 4.42.